The Labute approximate surface area is 104 Å². The molecule has 0 saturated heterocycles. The van der Waals surface area contributed by atoms with E-state index in [1.165, 1.54) is 12.1 Å². The minimum absolute atomic E-state index is 0.253. The zero-order valence-electron chi connectivity index (χ0n) is 9.77. The van der Waals surface area contributed by atoms with Crippen molar-refractivity contribution in [3.63, 3.8) is 0 Å². The largest absolute Gasteiger partial charge is 0.455 e. The summed E-state index contributed by atoms with van der Waals surface area (Å²) in [5.41, 5.74) is 7.17. The molecule has 2 N–H and O–H groups in total. The maximum atomic E-state index is 13.1. The quantitative estimate of drug-likeness (QED) is 0.821. The summed E-state index contributed by atoms with van der Waals surface area (Å²) >= 11 is 0. The number of aryl methyl sites for hydroxylation is 1. The van der Waals surface area contributed by atoms with Crippen LogP contribution in [-0.4, -0.2) is 0 Å². The Bertz CT molecular complexity index is 632. The molecule has 0 aliphatic heterocycles. The van der Waals surface area contributed by atoms with Crippen LogP contribution in [0.5, 0.6) is 11.5 Å². The molecular weight excluding hydrogens is 231 g/mol. The highest BCUT2D eigenvalue weighted by Gasteiger charge is 2.08. The highest BCUT2D eigenvalue weighted by Crippen LogP contribution is 2.31. The van der Waals surface area contributed by atoms with Gasteiger partial charge in [0.15, 0.2) is 5.75 Å². The molecule has 0 bridgehead atoms. The molecule has 0 saturated carbocycles. The number of benzene rings is 2. The van der Waals surface area contributed by atoms with Gasteiger partial charge in [-0.25, -0.2) is 4.39 Å². The van der Waals surface area contributed by atoms with Crippen LogP contribution in [0, 0.1) is 24.1 Å². The zero-order chi connectivity index (χ0) is 13.1. The Balaban J connectivity index is 2.41. The molecule has 0 heterocycles. The highest BCUT2D eigenvalue weighted by molar-refractivity contribution is 5.64. The second-order valence-electron chi connectivity index (χ2n) is 3.84. The monoisotopic (exact) mass is 242 g/mol. The van der Waals surface area contributed by atoms with Crippen molar-refractivity contribution in [3.8, 4) is 17.6 Å². The van der Waals surface area contributed by atoms with Gasteiger partial charge in [0, 0.05) is 6.07 Å². The number of ether oxygens (including phenoxy) is 1. The average Bonchev–Trinajstić information content (AvgIpc) is 2.36. The smallest absolute Gasteiger partial charge is 0.151 e. The molecule has 0 aliphatic carbocycles. The lowest BCUT2D eigenvalue weighted by Gasteiger charge is -2.11. The predicted octanol–water partition coefficient (Wildman–Crippen LogP) is 3.38. The molecule has 0 fully saturated rings. The fourth-order valence-electron chi connectivity index (χ4n) is 1.53. The van der Waals surface area contributed by atoms with Gasteiger partial charge in [-0.1, -0.05) is 12.1 Å². The molecule has 2 rings (SSSR count). The molecule has 18 heavy (non-hydrogen) atoms. The number of nitrogen functional groups attached to an aromatic ring is 1. The molecule has 0 spiro atoms. The number of anilines is 1. The molecule has 0 amide bonds. The topological polar surface area (TPSA) is 59.0 Å². The number of nitrogens with two attached hydrogens (primary N) is 1. The Morgan fingerprint density at radius 3 is 2.72 bits per heavy atom. The maximum absolute atomic E-state index is 13.1. The van der Waals surface area contributed by atoms with Crippen LogP contribution in [0.15, 0.2) is 36.4 Å². The first-order valence-corrected chi connectivity index (χ1v) is 5.34. The fourth-order valence-corrected chi connectivity index (χ4v) is 1.53. The van der Waals surface area contributed by atoms with Gasteiger partial charge in [-0.15, -0.1) is 0 Å². The lowest BCUT2D eigenvalue weighted by Crippen LogP contribution is -1.96. The van der Waals surface area contributed by atoms with Crippen molar-refractivity contribution in [2.24, 2.45) is 0 Å². The van der Waals surface area contributed by atoms with Crippen LogP contribution in [0.2, 0.25) is 0 Å². The van der Waals surface area contributed by atoms with E-state index >= 15 is 0 Å². The molecule has 2 aromatic rings. The molecule has 0 unspecified atom stereocenters. The van der Waals surface area contributed by atoms with Crippen LogP contribution < -0.4 is 10.5 Å². The summed E-state index contributed by atoms with van der Waals surface area (Å²) in [7, 11) is 0. The van der Waals surface area contributed by atoms with E-state index in [9.17, 15) is 4.39 Å². The van der Waals surface area contributed by atoms with Crippen molar-refractivity contribution < 1.29 is 9.13 Å². The maximum Gasteiger partial charge on any atom is 0.151 e. The molecule has 0 aromatic heterocycles. The van der Waals surface area contributed by atoms with Gasteiger partial charge >= 0.3 is 0 Å². The standard InChI is InChI=1S/C14H11FN2O/c1-9-5-6-11(15)7-13(9)18-12-4-2-3-10(8-16)14(12)17/h2-7H,17H2,1H3. The van der Waals surface area contributed by atoms with Gasteiger partial charge in [0.2, 0.25) is 0 Å². The van der Waals surface area contributed by atoms with Crippen molar-refractivity contribution in [3.05, 3.63) is 53.3 Å². The van der Waals surface area contributed by atoms with E-state index in [-0.39, 0.29) is 11.5 Å². The number of rotatable bonds is 2. The Hall–Kier alpha value is -2.54. The summed E-state index contributed by atoms with van der Waals surface area (Å²) < 4.78 is 18.7. The zero-order valence-corrected chi connectivity index (χ0v) is 9.77. The Morgan fingerprint density at radius 1 is 1.22 bits per heavy atom. The van der Waals surface area contributed by atoms with Crippen LogP contribution in [0.4, 0.5) is 10.1 Å². The highest BCUT2D eigenvalue weighted by atomic mass is 19.1. The van der Waals surface area contributed by atoms with Crippen molar-refractivity contribution in [1.82, 2.24) is 0 Å². The third-order valence-corrected chi connectivity index (χ3v) is 2.56. The van der Waals surface area contributed by atoms with Gasteiger partial charge in [-0.2, -0.15) is 5.26 Å². The minimum Gasteiger partial charge on any atom is -0.455 e. The first-order valence-electron chi connectivity index (χ1n) is 5.34. The first kappa shape index (κ1) is 11.9. The molecule has 2 aromatic carbocycles. The van der Waals surface area contributed by atoms with E-state index in [0.717, 1.165) is 5.56 Å². The normalized spacial score (nSPS) is 9.83. The summed E-state index contributed by atoms with van der Waals surface area (Å²) in [6.07, 6.45) is 0. The summed E-state index contributed by atoms with van der Waals surface area (Å²) in [6.45, 7) is 1.80. The summed E-state index contributed by atoms with van der Waals surface area (Å²) in [4.78, 5) is 0. The second-order valence-corrected chi connectivity index (χ2v) is 3.84. The van der Waals surface area contributed by atoms with Gasteiger partial charge in [0.25, 0.3) is 0 Å². The lowest BCUT2D eigenvalue weighted by molar-refractivity contribution is 0.475. The molecule has 0 radical (unpaired) electrons. The van der Waals surface area contributed by atoms with Gasteiger partial charge in [0.1, 0.15) is 17.6 Å². The third kappa shape index (κ3) is 2.25. The number of halogens is 1. The SMILES string of the molecule is Cc1ccc(F)cc1Oc1cccc(C#N)c1N. The van der Waals surface area contributed by atoms with E-state index in [4.69, 9.17) is 15.7 Å². The van der Waals surface area contributed by atoms with Crippen LogP contribution >= 0.6 is 0 Å². The Morgan fingerprint density at radius 2 is 2.00 bits per heavy atom. The van der Waals surface area contributed by atoms with Gasteiger partial charge < -0.3 is 10.5 Å². The lowest BCUT2D eigenvalue weighted by atomic mass is 10.2. The first-order chi connectivity index (χ1) is 8.61. The number of hydrogen-bond donors (Lipinski definition) is 1. The van der Waals surface area contributed by atoms with Crippen LogP contribution in [0.3, 0.4) is 0 Å². The Kier molecular flexibility index (Phi) is 3.16. The third-order valence-electron chi connectivity index (χ3n) is 2.56. The van der Waals surface area contributed by atoms with Gasteiger partial charge in [-0.05, 0) is 30.7 Å². The fraction of sp³-hybridized carbons (Fsp3) is 0.0714. The van der Waals surface area contributed by atoms with Gasteiger partial charge in [0.05, 0.1) is 11.3 Å². The molecule has 3 nitrogen and oxygen atoms in total. The minimum atomic E-state index is -0.384. The average molecular weight is 242 g/mol. The molecular formula is C14H11FN2O. The van der Waals surface area contributed by atoms with Gasteiger partial charge in [-0.3, -0.25) is 0 Å². The van der Waals surface area contributed by atoms with Crippen molar-refractivity contribution in [2.75, 3.05) is 5.73 Å². The van der Waals surface area contributed by atoms with E-state index in [1.54, 1.807) is 31.2 Å². The molecule has 90 valence electrons. The number of nitriles is 1. The van der Waals surface area contributed by atoms with E-state index in [0.29, 0.717) is 17.1 Å². The molecule has 0 aliphatic rings. The van der Waals surface area contributed by atoms with E-state index in [2.05, 4.69) is 0 Å². The molecule has 0 atom stereocenters. The van der Waals surface area contributed by atoms with E-state index in [1.807, 2.05) is 6.07 Å². The van der Waals surface area contributed by atoms with Crippen LogP contribution in [0.25, 0.3) is 0 Å². The van der Waals surface area contributed by atoms with Crippen molar-refractivity contribution >= 4 is 5.69 Å². The predicted molar refractivity (Wildman–Crippen MR) is 66.8 cm³/mol. The summed E-state index contributed by atoms with van der Waals surface area (Å²) in [6, 6.07) is 11.1. The number of nitrogens with zero attached hydrogens (tertiary/aromatic N) is 1. The number of hydrogen-bond acceptors (Lipinski definition) is 3. The molecule has 4 heteroatoms. The second kappa shape index (κ2) is 4.76. The van der Waals surface area contributed by atoms with Crippen LogP contribution in [0.1, 0.15) is 11.1 Å². The number of para-hydroxylation sites is 1. The van der Waals surface area contributed by atoms with Crippen LogP contribution in [-0.2, 0) is 0 Å². The summed E-state index contributed by atoms with van der Waals surface area (Å²) in [5, 5.41) is 8.86. The summed E-state index contributed by atoms with van der Waals surface area (Å²) in [5.74, 6) is 0.352. The van der Waals surface area contributed by atoms with E-state index < -0.39 is 0 Å². The van der Waals surface area contributed by atoms with Crippen molar-refractivity contribution in [2.45, 2.75) is 6.92 Å². The van der Waals surface area contributed by atoms with Crippen molar-refractivity contribution in [1.29, 1.82) is 5.26 Å².